The monoisotopic (exact) mass is 560 g/mol. The molecule has 0 atom stereocenters. The van der Waals surface area contributed by atoms with Gasteiger partial charge in [0, 0.05) is 32.9 Å². The van der Waals surface area contributed by atoms with Crippen molar-refractivity contribution in [2.75, 3.05) is 0 Å². The summed E-state index contributed by atoms with van der Waals surface area (Å²) in [5.41, 5.74) is 12.1. The van der Waals surface area contributed by atoms with Crippen LogP contribution in [0.15, 0.2) is 170 Å². The topological polar surface area (TPSA) is 9.86 Å². The molecule has 2 heterocycles. The molecular weight excluding hydrogens is 532 g/mol. The molecule has 0 saturated carbocycles. The second kappa shape index (κ2) is 9.86. The van der Waals surface area contributed by atoms with Crippen molar-refractivity contribution in [2.45, 2.75) is 0 Å². The van der Waals surface area contributed by atoms with E-state index in [4.69, 9.17) is 0 Å². The van der Waals surface area contributed by atoms with E-state index in [1.807, 2.05) is 0 Å². The summed E-state index contributed by atoms with van der Waals surface area (Å²) in [6.07, 6.45) is 0. The molecule has 0 aliphatic carbocycles. The van der Waals surface area contributed by atoms with Gasteiger partial charge < -0.3 is 9.13 Å². The first-order valence-corrected chi connectivity index (χ1v) is 15.1. The van der Waals surface area contributed by atoms with E-state index in [-0.39, 0.29) is 0 Å². The Morgan fingerprint density at radius 1 is 0.295 bits per heavy atom. The van der Waals surface area contributed by atoms with Gasteiger partial charge in [-0.05, 0) is 70.8 Å². The van der Waals surface area contributed by atoms with E-state index in [2.05, 4.69) is 179 Å². The molecule has 0 unspecified atom stereocenters. The number of nitrogens with zero attached hydrogens (tertiary/aromatic N) is 2. The summed E-state index contributed by atoms with van der Waals surface area (Å²) in [4.78, 5) is 0. The maximum absolute atomic E-state index is 2.43. The van der Waals surface area contributed by atoms with E-state index in [1.54, 1.807) is 0 Å². The molecule has 2 aromatic heterocycles. The Labute approximate surface area is 255 Å². The molecule has 0 aliphatic rings. The summed E-state index contributed by atoms with van der Waals surface area (Å²) in [7, 11) is 0. The van der Waals surface area contributed by atoms with Gasteiger partial charge >= 0.3 is 0 Å². The van der Waals surface area contributed by atoms with Crippen LogP contribution in [0.2, 0.25) is 0 Å². The fraction of sp³-hybridized carbons (Fsp3) is 0. The van der Waals surface area contributed by atoms with E-state index in [0.29, 0.717) is 0 Å². The van der Waals surface area contributed by atoms with Crippen LogP contribution in [0.25, 0.3) is 77.2 Å². The molecule has 0 aliphatic heterocycles. The standard InChI is InChI=1S/C42H28N2/c1-3-13-29(14-4-1)30-15-11-16-31(27-30)34-21-12-24-40-42(34)37-20-8-10-23-39(37)44(40)33-25-26-36-35-19-7-9-22-38(35)43(41(36)28-33)32-17-5-2-6-18-32/h1-28H. The highest BCUT2D eigenvalue weighted by Gasteiger charge is 2.18. The second-order valence-corrected chi connectivity index (χ2v) is 11.4. The number of aromatic nitrogens is 2. The molecule has 9 aromatic rings. The quantitative estimate of drug-likeness (QED) is 0.203. The molecule has 206 valence electrons. The molecule has 0 saturated heterocycles. The van der Waals surface area contributed by atoms with Crippen LogP contribution in [-0.2, 0) is 0 Å². The van der Waals surface area contributed by atoms with Gasteiger partial charge in [-0.2, -0.15) is 0 Å². The van der Waals surface area contributed by atoms with Crippen LogP contribution in [0.5, 0.6) is 0 Å². The first-order chi connectivity index (χ1) is 21.8. The molecule has 44 heavy (non-hydrogen) atoms. The van der Waals surface area contributed by atoms with Gasteiger partial charge in [0.25, 0.3) is 0 Å². The van der Waals surface area contributed by atoms with Gasteiger partial charge in [-0.15, -0.1) is 0 Å². The minimum atomic E-state index is 1.15. The third kappa shape index (κ3) is 3.75. The van der Waals surface area contributed by atoms with Crippen molar-refractivity contribution < 1.29 is 0 Å². The molecule has 7 aromatic carbocycles. The molecule has 2 heteroatoms. The summed E-state index contributed by atoms with van der Waals surface area (Å²) in [6, 6.07) is 61.4. The average Bonchev–Trinajstić information content (AvgIpc) is 3.62. The van der Waals surface area contributed by atoms with Crippen LogP contribution in [0, 0.1) is 0 Å². The van der Waals surface area contributed by atoms with Gasteiger partial charge in [0.1, 0.15) is 0 Å². The lowest BCUT2D eigenvalue weighted by Crippen LogP contribution is -1.96. The third-order valence-electron chi connectivity index (χ3n) is 8.91. The van der Waals surface area contributed by atoms with Crippen LogP contribution < -0.4 is 0 Å². The van der Waals surface area contributed by atoms with Crippen LogP contribution in [0.4, 0.5) is 0 Å². The first-order valence-electron chi connectivity index (χ1n) is 15.1. The average molecular weight is 561 g/mol. The Balaban J connectivity index is 1.31. The largest absolute Gasteiger partial charge is 0.309 e. The van der Waals surface area contributed by atoms with Crippen molar-refractivity contribution in [3.05, 3.63) is 170 Å². The van der Waals surface area contributed by atoms with Crippen molar-refractivity contribution in [2.24, 2.45) is 0 Å². The Kier molecular flexibility index (Phi) is 5.54. The predicted octanol–water partition coefficient (Wildman–Crippen LogP) is 11.2. The second-order valence-electron chi connectivity index (χ2n) is 11.4. The van der Waals surface area contributed by atoms with Gasteiger partial charge in [0.15, 0.2) is 0 Å². The Hall–Kier alpha value is -5.86. The predicted molar refractivity (Wildman–Crippen MR) is 186 cm³/mol. The zero-order chi connectivity index (χ0) is 29.0. The minimum Gasteiger partial charge on any atom is -0.309 e. The van der Waals surface area contributed by atoms with E-state index in [1.165, 1.54) is 71.6 Å². The van der Waals surface area contributed by atoms with E-state index in [9.17, 15) is 0 Å². The van der Waals surface area contributed by atoms with Gasteiger partial charge in [0.05, 0.1) is 22.1 Å². The summed E-state index contributed by atoms with van der Waals surface area (Å²) in [5, 5.41) is 5.05. The number of fused-ring (bicyclic) bond motifs is 6. The Bertz CT molecular complexity index is 2480. The number of para-hydroxylation sites is 3. The lowest BCUT2D eigenvalue weighted by molar-refractivity contribution is 1.15. The Morgan fingerprint density at radius 2 is 0.864 bits per heavy atom. The van der Waals surface area contributed by atoms with E-state index in [0.717, 1.165) is 5.69 Å². The van der Waals surface area contributed by atoms with E-state index < -0.39 is 0 Å². The smallest absolute Gasteiger partial charge is 0.0561 e. The number of hydrogen-bond donors (Lipinski definition) is 0. The maximum atomic E-state index is 2.43. The van der Waals surface area contributed by atoms with Gasteiger partial charge in [-0.3, -0.25) is 0 Å². The highest BCUT2D eigenvalue weighted by atomic mass is 15.0. The van der Waals surface area contributed by atoms with Crippen LogP contribution in [-0.4, -0.2) is 9.13 Å². The summed E-state index contributed by atoms with van der Waals surface area (Å²) >= 11 is 0. The molecule has 0 radical (unpaired) electrons. The lowest BCUT2D eigenvalue weighted by atomic mass is 9.96. The minimum absolute atomic E-state index is 1.15. The first kappa shape index (κ1) is 24.7. The van der Waals surface area contributed by atoms with Crippen molar-refractivity contribution >= 4 is 43.6 Å². The van der Waals surface area contributed by atoms with Crippen molar-refractivity contribution in [3.63, 3.8) is 0 Å². The molecule has 0 N–H and O–H groups in total. The lowest BCUT2D eigenvalue weighted by Gasteiger charge is -2.12. The van der Waals surface area contributed by atoms with Gasteiger partial charge in [-0.1, -0.05) is 121 Å². The number of benzene rings is 7. The van der Waals surface area contributed by atoms with Crippen molar-refractivity contribution in [3.8, 4) is 33.6 Å². The SMILES string of the molecule is c1ccc(-c2cccc(-c3cccc4c3c3ccccc3n4-c3ccc4c5ccccc5n(-c5ccccc5)c4c3)c2)cc1. The normalized spacial score (nSPS) is 11.6. The molecule has 0 amide bonds. The summed E-state index contributed by atoms with van der Waals surface area (Å²) in [6.45, 7) is 0. The van der Waals surface area contributed by atoms with Crippen LogP contribution >= 0.6 is 0 Å². The Morgan fingerprint density at radius 3 is 1.68 bits per heavy atom. The highest BCUT2D eigenvalue weighted by Crippen LogP contribution is 2.40. The fourth-order valence-corrected chi connectivity index (χ4v) is 6.99. The summed E-state index contributed by atoms with van der Waals surface area (Å²) < 4.78 is 4.82. The molecule has 9 rings (SSSR count). The molecule has 0 spiro atoms. The maximum Gasteiger partial charge on any atom is 0.0561 e. The van der Waals surface area contributed by atoms with E-state index >= 15 is 0 Å². The summed E-state index contributed by atoms with van der Waals surface area (Å²) in [5.74, 6) is 0. The van der Waals surface area contributed by atoms with Crippen molar-refractivity contribution in [1.29, 1.82) is 0 Å². The molecule has 0 bridgehead atoms. The zero-order valence-corrected chi connectivity index (χ0v) is 24.1. The van der Waals surface area contributed by atoms with Crippen LogP contribution in [0.3, 0.4) is 0 Å². The number of hydrogen-bond acceptors (Lipinski definition) is 0. The fourth-order valence-electron chi connectivity index (χ4n) is 6.99. The van der Waals surface area contributed by atoms with Gasteiger partial charge in [-0.25, -0.2) is 0 Å². The third-order valence-corrected chi connectivity index (χ3v) is 8.91. The van der Waals surface area contributed by atoms with Crippen LogP contribution in [0.1, 0.15) is 0 Å². The molecule has 2 nitrogen and oxygen atoms in total. The van der Waals surface area contributed by atoms with Gasteiger partial charge in [0.2, 0.25) is 0 Å². The molecular formula is C42H28N2. The molecule has 0 fully saturated rings. The van der Waals surface area contributed by atoms with Crippen molar-refractivity contribution in [1.82, 2.24) is 9.13 Å². The zero-order valence-electron chi connectivity index (χ0n) is 24.1. The number of rotatable bonds is 4. The highest BCUT2D eigenvalue weighted by molar-refractivity contribution is 6.16.